The van der Waals surface area contributed by atoms with Gasteiger partial charge in [0.25, 0.3) is 0 Å². The van der Waals surface area contributed by atoms with Crippen molar-refractivity contribution in [1.82, 2.24) is 4.90 Å². The summed E-state index contributed by atoms with van der Waals surface area (Å²) in [5.41, 5.74) is 7.92. The summed E-state index contributed by atoms with van der Waals surface area (Å²) in [6, 6.07) is 17.9. The van der Waals surface area contributed by atoms with Gasteiger partial charge in [-0.05, 0) is 54.9 Å². The first-order chi connectivity index (χ1) is 13.6. The molecule has 0 bridgehead atoms. The van der Waals surface area contributed by atoms with Gasteiger partial charge >= 0.3 is 0 Å². The fourth-order valence-corrected chi connectivity index (χ4v) is 5.03. The molecular formula is C24H28N2O2. The van der Waals surface area contributed by atoms with Crippen molar-refractivity contribution >= 4 is 11.8 Å². The maximum Gasteiger partial charge on any atom is 0.248 e. The molecule has 146 valence electrons. The van der Waals surface area contributed by atoms with Gasteiger partial charge in [-0.1, -0.05) is 55.3 Å². The first-order valence-electron chi connectivity index (χ1n) is 10.3. The SMILES string of the molecule is NC(=O)c1cccc(C[C@H]2CCN(C(=O)C3(c4ccccc4)CCCC3)C2)c1. The van der Waals surface area contributed by atoms with Gasteiger partial charge in [-0.15, -0.1) is 0 Å². The zero-order chi connectivity index (χ0) is 19.6. The highest BCUT2D eigenvalue weighted by atomic mass is 16.2. The summed E-state index contributed by atoms with van der Waals surface area (Å²) in [5, 5.41) is 0. The second-order valence-electron chi connectivity index (χ2n) is 8.33. The number of rotatable bonds is 5. The summed E-state index contributed by atoms with van der Waals surface area (Å²) < 4.78 is 0. The van der Waals surface area contributed by atoms with Gasteiger partial charge in [-0.25, -0.2) is 0 Å². The molecule has 2 aromatic rings. The summed E-state index contributed by atoms with van der Waals surface area (Å²) in [5.74, 6) is 0.349. The van der Waals surface area contributed by atoms with E-state index >= 15 is 0 Å². The molecule has 2 aromatic carbocycles. The molecule has 0 aromatic heterocycles. The van der Waals surface area contributed by atoms with E-state index in [1.807, 2.05) is 36.4 Å². The van der Waals surface area contributed by atoms with Crippen LogP contribution in [0, 0.1) is 5.92 Å². The van der Waals surface area contributed by atoms with Crippen LogP contribution in [0.5, 0.6) is 0 Å². The lowest BCUT2D eigenvalue weighted by atomic mass is 9.77. The number of likely N-dealkylation sites (tertiary alicyclic amines) is 1. The molecule has 2 N–H and O–H groups in total. The van der Waals surface area contributed by atoms with Crippen molar-refractivity contribution in [2.24, 2.45) is 11.7 Å². The summed E-state index contributed by atoms with van der Waals surface area (Å²) >= 11 is 0. The molecule has 4 nitrogen and oxygen atoms in total. The Bertz CT molecular complexity index is 856. The Morgan fingerprint density at radius 2 is 1.79 bits per heavy atom. The zero-order valence-corrected chi connectivity index (χ0v) is 16.3. The van der Waals surface area contributed by atoms with Gasteiger partial charge < -0.3 is 10.6 Å². The Morgan fingerprint density at radius 3 is 2.50 bits per heavy atom. The molecule has 4 heteroatoms. The van der Waals surface area contributed by atoms with E-state index in [1.54, 1.807) is 6.07 Å². The third kappa shape index (κ3) is 3.56. The third-order valence-electron chi connectivity index (χ3n) is 6.50. The predicted octanol–water partition coefficient (Wildman–Crippen LogP) is 3.69. The fourth-order valence-electron chi connectivity index (χ4n) is 5.03. The minimum absolute atomic E-state index is 0.310. The van der Waals surface area contributed by atoms with Crippen LogP contribution in [0.25, 0.3) is 0 Å². The summed E-state index contributed by atoms with van der Waals surface area (Å²) in [7, 11) is 0. The lowest BCUT2D eigenvalue weighted by Crippen LogP contribution is -2.44. The molecule has 1 saturated carbocycles. The minimum atomic E-state index is -0.392. The maximum atomic E-state index is 13.6. The van der Waals surface area contributed by atoms with Crippen LogP contribution < -0.4 is 5.73 Å². The molecule has 2 aliphatic rings. The first-order valence-corrected chi connectivity index (χ1v) is 10.3. The number of carbonyl (C=O) groups is 2. The lowest BCUT2D eigenvalue weighted by molar-refractivity contribution is -0.136. The molecule has 0 spiro atoms. The number of carbonyl (C=O) groups excluding carboxylic acids is 2. The number of benzene rings is 2. The van der Waals surface area contributed by atoms with Crippen LogP contribution in [0.15, 0.2) is 54.6 Å². The smallest absolute Gasteiger partial charge is 0.248 e. The molecule has 28 heavy (non-hydrogen) atoms. The van der Waals surface area contributed by atoms with Gasteiger partial charge in [0, 0.05) is 18.7 Å². The van der Waals surface area contributed by atoms with Crippen molar-refractivity contribution in [3.8, 4) is 0 Å². The monoisotopic (exact) mass is 376 g/mol. The minimum Gasteiger partial charge on any atom is -0.366 e. The number of primary amides is 1. The fraction of sp³-hybridized carbons (Fsp3) is 0.417. The Kier molecular flexibility index (Phi) is 5.21. The molecule has 1 atom stereocenters. The topological polar surface area (TPSA) is 63.4 Å². The Morgan fingerprint density at radius 1 is 1.04 bits per heavy atom. The average Bonchev–Trinajstić information content (AvgIpc) is 3.39. The summed E-state index contributed by atoms with van der Waals surface area (Å²) in [6.07, 6.45) is 6.05. The van der Waals surface area contributed by atoms with E-state index in [0.717, 1.165) is 57.2 Å². The van der Waals surface area contributed by atoms with Gasteiger partial charge in [0.1, 0.15) is 0 Å². The normalized spacial score (nSPS) is 21.0. The van der Waals surface area contributed by atoms with Gasteiger partial charge in [-0.3, -0.25) is 9.59 Å². The van der Waals surface area contributed by atoms with Crippen LogP contribution in [-0.4, -0.2) is 29.8 Å². The van der Waals surface area contributed by atoms with Crippen LogP contribution in [-0.2, 0) is 16.6 Å². The second-order valence-corrected chi connectivity index (χ2v) is 8.33. The average molecular weight is 377 g/mol. The van der Waals surface area contributed by atoms with Crippen LogP contribution in [0.2, 0.25) is 0 Å². The van der Waals surface area contributed by atoms with Crippen molar-refractivity contribution < 1.29 is 9.59 Å². The van der Waals surface area contributed by atoms with Crippen molar-refractivity contribution in [3.05, 3.63) is 71.3 Å². The Balaban J connectivity index is 1.47. The third-order valence-corrected chi connectivity index (χ3v) is 6.50. The highest BCUT2D eigenvalue weighted by Crippen LogP contribution is 2.43. The highest BCUT2D eigenvalue weighted by molar-refractivity contribution is 5.93. The maximum absolute atomic E-state index is 13.6. The van der Waals surface area contributed by atoms with E-state index in [4.69, 9.17) is 5.73 Å². The largest absolute Gasteiger partial charge is 0.366 e. The predicted molar refractivity (Wildman–Crippen MR) is 110 cm³/mol. The van der Waals surface area contributed by atoms with E-state index in [0.29, 0.717) is 17.4 Å². The quantitative estimate of drug-likeness (QED) is 0.865. The Labute approximate surface area is 166 Å². The highest BCUT2D eigenvalue weighted by Gasteiger charge is 2.46. The van der Waals surface area contributed by atoms with Gasteiger partial charge in [0.15, 0.2) is 0 Å². The van der Waals surface area contributed by atoms with Gasteiger partial charge in [0.05, 0.1) is 5.41 Å². The van der Waals surface area contributed by atoms with Crippen LogP contribution in [0.4, 0.5) is 0 Å². The molecule has 0 radical (unpaired) electrons. The van der Waals surface area contributed by atoms with Crippen LogP contribution in [0.1, 0.15) is 53.6 Å². The molecule has 1 saturated heterocycles. The number of nitrogens with zero attached hydrogens (tertiary/aromatic N) is 1. The van der Waals surface area contributed by atoms with E-state index in [-0.39, 0.29) is 5.41 Å². The number of hydrogen-bond donors (Lipinski definition) is 1. The van der Waals surface area contributed by atoms with E-state index in [9.17, 15) is 9.59 Å². The van der Waals surface area contributed by atoms with Gasteiger partial charge in [0.2, 0.25) is 11.8 Å². The van der Waals surface area contributed by atoms with E-state index in [1.165, 1.54) is 5.56 Å². The van der Waals surface area contributed by atoms with Crippen molar-refractivity contribution in [2.45, 2.75) is 43.9 Å². The molecule has 0 unspecified atom stereocenters. The van der Waals surface area contributed by atoms with Crippen molar-refractivity contribution in [3.63, 3.8) is 0 Å². The summed E-state index contributed by atoms with van der Waals surface area (Å²) in [6.45, 7) is 1.63. The standard InChI is InChI=1S/C24H28N2O2/c25-22(27)20-8-6-7-18(16-20)15-19-11-14-26(17-19)23(28)24(12-4-5-13-24)21-9-2-1-3-10-21/h1-3,6-10,16,19H,4-5,11-15,17H2,(H2,25,27)/t19-/m1/s1. The number of nitrogens with two attached hydrogens (primary N) is 1. The molecule has 2 fully saturated rings. The molecule has 1 heterocycles. The molecule has 4 rings (SSSR count). The molecule has 1 aliphatic carbocycles. The second kappa shape index (κ2) is 7.78. The molecular weight excluding hydrogens is 348 g/mol. The molecule has 1 aliphatic heterocycles. The van der Waals surface area contributed by atoms with Crippen molar-refractivity contribution in [2.75, 3.05) is 13.1 Å². The van der Waals surface area contributed by atoms with E-state index < -0.39 is 5.91 Å². The number of hydrogen-bond acceptors (Lipinski definition) is 2. The first kappa shape index (κ1) is 18.7. The van der Waals surface area contributed by atoms with Crippen molar-refractivity contribution in [1.29, 1.82) is 0 Å². The van der Waals surface area contributed by atoms with Gasteiger partial charge in [-0.2, -0.15) is 0 Å². The Hall–Kier alpha value is -2.62. The van der Waals surface area contributed by atoms with E-state index in [2.05, 4.69) is 17.0 Å². The molecule has 2 amide bonds. The van der Waals surface area contributed by atoms with Crippen LogP contribution in [0.3, 0.4) is 0 Å². The van der Waals surface area contributed by atoms with Crippen LogP contribution >= 0.6 is 0 Å². The number of amides is 2. The summed E-state index contributed by atoms with van der Waals surface area (Å²) in [4.78, 5) is 27.1. The lowest BCUT2D eigenvalue weighted by Gasteiger charge is -2.33. The zero-order valence-electron chi connectivity index (χ0n) is 16.3.